The predicted molar refractivity (Wildman–Crippen MR) is 72.5 cm³/mol. The molecule has 0 spiro atoms. The van der Waals surface area contributed by atoms with Gasteiger partial charge in [-0.15, -0.1) is 0 Å². The van der Waals surface area contributed by atoms with Crippen LogP contribution in [-0.2, 0) is 0 Å². The van der Waals surface area contributed by atoms with Crippen molar-refractivity contribution in [3.05, 3.63) is 47.7 Å². The monoisotopic (exact) mass is 257 g/mol. The number of carboxylic acid groups (broad SMARTS) is 1. The van der Waals surface area contributed by atoms with Gasteiger partial charge in [0, 0.05) is 11.8 Å². The van der Waals surface area contributed by atoms with Gasteiger partial charge in [0.2, 0.25) is 0 Å². The summed E-state index contributed by atoms with van der Waals surface area (Å²) in [5.74, 6) is -0.148. The zero-order valence-corrected chi connectivity index (χ0v) is 10.9. The number of hydrogen-bond donors (Lipinski definition) is 1. The largest absolute Gasteiger partial charge is 0.494 e. The van der Waals surface area contributed by atoms with Crippen molar-refractivity contribution in [2.24, 2.45) is 0 Å². The average molecular weight is 257 g/mol. The van der Waals surface area contributed by atoms with Crippen LogP contribution in [0.1, 0.15) is 22.8 Å². The van der Waals surface area contributed by atoms with Crippen molar-refractivity contribution in [3.8, 4) is 17.0 Å². The smallest absolute Gasteiger partial charge is 0.335 e. The molecule has 1 aromatic carbocycles. The highest BCUT2D eigenvalue weighted by molar-refractivity contribution is 5.89. The standard InChI is InChI=1S/C15H15NO3/c1-3-19-12-4-5-13(10(2)8-12)14-9-11(15(17)18)6-7-16-14/h4-9H,3H2,1-2H3,(H,17,18). The zero-order chi connectivity index (χ0) is 13.8. The van der Waals surface area contributed by atoms with Gasteiger partial charge in [-0.05, 0) is 49.7 Å². The van der Waals surface area contributed by atoms with Crippen LogP contribution in [0, 0.1) is 6.92 Å². The fourth-order valence-corrected chi connectivity index (χ4v) is 1.89. The third-order valence-electron chi connectivity index (χ3n) is 2.79. The molecule has 2 rings (SSSR count). The van der Waals surface area contributed by atoms with E-state index in [9.17, 15) is 4.79 Å². The van der Waals surface area contributed by atoms with E-state index in [0.29, 0.717) is 12.3 Å². The van der Waals surface area contributed by atoms with Crippen molar-refractivity contribution in [2.75, 3.05) is 6.61 Å². The molecule has 0 saturated carbocycles. The average Bonchev–Trinajstić information content (AvgIpc) is 2.39. The molecule has 2 aromatic rings. The zero-order valence-electron chi connectivity index (χ0n) is 10.9. The van der Waals surface area contributed by atoms with Crippen LogP contribution < -0.4 is 4.74 Å². The minimum Gasteiger partial charge on any atom is -0.494 e. The van der Waals surface area contributed by atoms with E-state index in [0.717, 1.165) is 16.9 Å². The molecule has 0 fully saturated rings. The lowest BCUT2D eigenvalue weighted by Crippen LogP contribution is -1.98. The Hall–Kier alpha value is -2.36. The van der Waals surface area contributed by atoms with Crippen LogP contribution >= 0.6 is 0 Å². The number of hydrogen-bond acceptors (Lipinski definition) is 3. The van der Waals surface area contributed by atoms with Crippen LogP contribution in [0.4, 0.5) is 0 Å². The molecule has 0 saturated heterocycles. The Morgan fingerprint density at radius 3 is 2.74 bits per heavy atom. The SMILES string of the molecule is CCOc1ccc(-c2cc(C(=O)O)ccn2)c(C)c1. The number of carboxylic acids is 1. The van der Waals surface area contributed by atoms with Gasteiger partial charge in [-0.1, -0.05) is 0 Å². The minimum atomic E-state index is -0.952. The van der Waals surface area contributed by atoms with Gasteiger partial charge in [0.15, 0.2) is 0 Å². The number of aryl methyl sites for hydroxylation is 1. The van der Waals surface area contributed by atoms with Gasteiger partial charge in [0.05, 0.1) is 17.9 Å². The summed E-state index contributed by atoms with van der Waals surface area (Å²) in [6, 6.07) is 8.74. The Balaban J connectivity index is 2.41. The van der Waals surface area contributed by atoms with Gasteiger partial charge in [-0.25, -0.2) is 4.79 Å². The van der Waals surface area contributed by atoms with Crippen LogP contribution in [0.2, 0.25) is 0 Å². The first-order chi connectivity index (χ1) is 9.11. The lowest BCUT2D eigenvalue weighted by Gasteiger charge is -2.09. The van der Waals surface area contributed by atoms with Crippen LogP contribution in [0.3, 0.4) is 0 Å². The Labute approximate surface area is 111 Å². The van der Waals surface area contributed by atoms with Crippen molar-refractivity contribution in [1.82, 2.24) is 4.98 Å². The molecular formula is C15H15NO3. The van der Waals surface area contributed by atoms with E-state index in [2.05, 4.69) is 4.98 Å². The van der Waals surface area contributed by atoms with Gasteiger partial charge >= 0.3 is 5.97 Å². The van der Waals surface area contributed by atoms with Crippen LogP contribution in [-0.4, -0.2) is 22.7 Å². The molecule has 0 aliphatic heterocycles. The van der Waals surface area contributed by atoms with Gasteiger partial charge in [-0.2, -0.15) is 0 Å². The van der Waals surface area contributed by atoms with E-state index >= 15 is 0 Å². The lowest BCUT2D eigenvalue weighted by atomic mass is 10.0. The maximum absolute atomic E-state index is 11.0. The minimum absolute atomic E-state index is 0.235. The Kier molecular flexibility index (Phi) is 3.80. The molecule has 98 valence electrons. The summed E-state index contributed by atoms with van der Waals surface area (Å²) in [7, 11) is 0. The van der Waals surface area contributed by atoms with Crippen molar-refractivity contribution in [3.63, 3.8) is 0 Å². The summed E-state index contributed by atoms with van der Waals surface area (Å²) in [5, 5.41) is 8.99. The molecule has 0 aliphatic carbocycles. The summed E-state index contributed by atoms with van der Waals surface area (Å²) in [6.45, 7) is 4.50. The van der Waals surface area contributed by atoms with Gasteiger partial charge in [0.1, 0.15) is 5.75 Å². The summed E-state index contributed by atoms with van der Waals surface area (Å²) >= 11 is 0. The first-order valence-corrected chi connectivity index (χ1v) is 6.05. The van der Waals surface area contributed by atoms with Gasteiger partial charge in [-0.3, -0.25) is 4.98 Å². The summed E-state index contributed by atoms with van der Waals surface area (Å²) in [6.07, 6.45) is 1.51. The third-order valence-corrected chi connectivity index (χ3v) is 2.79. The van der Waals surface area contributed by atoms with E-state index in [1.807, 2.05) is 32.0 Å². The van der Waals surface area contributed by atoms with E-state index in [-0.39, 0.29) is 5.56 Å². The number of ether oxygens (including phenoxy) is 1. The molecule has 1 aromatic heterocycles. The van der Waals surface area contributed by atoms with E-state index in [4.69, 9.17) is 9.84 Å². The Morgan fingerprint density at radius 2 is 2.11 bits per heavy atom. The van der Waals surface area contributed by atoms with E-state index < -0.39 is 5.97 Å². The van der Waals surface area contributed by atoms with Crippen molar-refractivity contribution < 1.29 is 14.6 Å². The molecule has 0 unspecified atom stereocenters. The Bertz CT molecular complexity index is 608. The van der Waals surface area contributed by atoms with Gasteiger partial charge in [0.25, 0.3) is 0 Å². The number of pyridine rings is 1. The first kappa shape index (κ1) is 13.1. The second kappa shape index (κ2) is 5.52. The fraction of sp³-hybridized carbons (Fsp3) is 0.200. The number of aromatic nitrogens is 1. The van der Waals surface area contributed by atoms with Gasteiger partial charge < -0.3 is 9.84 Å². The molecule has 4 nitrogen and oxygen atoms in total. The number of aromatic carboxylic acids is 1. The van der Waals surface area contributed by atoms with E-state index in [1.54, 1.807) is 6.07 Å². The van der Waals surface area contributed by atoms with Crippen molar-refractivity contribution in [2.45, 2.75) is 13.8 Å². The molecule has 4 heteroatoms. The highest BCUT2D eigenvalue weighted by Crippen LogP contribution is 2.26. The highest BCUT2D eigenvalue weighted by atomic mass is 16.5. The van der Waals surface area contributed by atoms with E-state index in [1.165, 1.54) is 12.3 Å². The topological polar surface area (TPSA) is 59.4 Å². The second-order valence-corrected chi connectivity index (χ2v) is 4.14. The molecule has 0 amide bonds. The first-order valence-electron chi connectivity index (χ1n) is 6.05. The van der Waals surface area contributed by atoms with Crippen molar-refractivity contribution in [1.29, 1.82) is 0 Å². The maximum Gasteiger partial charge on any atom is 0.335 e. The number of carbonyl (C=O) groups is 1. The van der Waals surface area contributed by atoms with Crippen LogP contribution in [0.15, 0.2) is 36.5 Å². The molecular weight excluding hydrogens is 242 g/mol. The number of nitrogens with zero attached hydrogens (tertiary/aromatic N) is 1. The molecule has 0 aliphatic rings. The summed E-state index contributed by atoms with van der Waals surface area (Å²) in [4.78, 5) is 15.2. The van der Waals surface area contributed by atoms with Crippen LogP contribution in [0.25, 0.3) is 11.3 Å². The third kappa shape index (κ3) is 2.91. The molecule has 0 radical (unpaired) electrons. The van der Waals surface area contributed by atoms with Crippen LogP contribution in [0.5, 0.6) is 5.75 Å². The lowest BCUT2D eigenvalue weighted by molar-refractivity contribution is 0.0697. The summed E-state index contributed by atoms with van der Waals surface area (Å²) in [5.41, 5.74) is 2.80. The highest BCUT2D eigenvalue weighted by Gasteiger charge is 2.08. The number of rotatable bonds is 4. The molecule has 0 atom stereocenters. The number of benzene rings is 1. The quantitative estimate of drug-likeness (QED) is 0.914. The molecule has 19 heavy (non-hydrogen) atoms. The maximum atomic E-state index is 11.0. The summed E-state index contributed by atoms with van der Waals surface area (Å²) < 4.78 is 5.42. The molecule has 1 N–H and O–H groups in total. The Morgan fingerprint density at radius 1 is 1.32 bits per heavy atom. The fourth-order valence-electron chi connectivity index (χ4n) is 1.89. The second-order valence-electron chi connectivity index (χ2n) is 4.14. The van der Waals surface area contributed by atoms with Crippen molar-refractivity contribution >= 4 is 5.97 Å². The molecule has 0 bridgehead atoms. The molecule has 1 heterocycles. The predicted octanol–water partition coefficient (Wildman–Crippen LogP) is 3.15. The normalized spacial score (nSPS) is 10.2.